The summed E-state index contributed by atoms with van der Waals surface area (Å²) in [4.78, 5) is 5.85. The molecule has 0 saturated heterocycles. The molecular formula is C26H14S6. The Balaban J connectivity index is 1.22. The molecule has 1 aliphatic heterocycles. The highest BCUT2D eigenvalue weighted by Crippen LogP contribution is 2.56. The molecule has 0 nitrogen and oxygen atoms in total. The first-order valence-electron chi connectivity index (χ1n) is 10.4. The third kappa shape index (κ3) is 2.71. The molecule has 6 aromatic rings. The smallest absolute Gasteiger partial charge is 0.0871 e. The van der Waals surface area contributed by atoms with Crippen molar-refractivity contribution in [1.29, 1.82) is 0 Å². The van der Waals surface area contributed by atoms with Crippen LogP contribution in [0.3, 0.4) is 0 Å². The van der Waals surface area contributed by atoms with Crippen molar-refractivity contribution in [3.8, 4) is 10.4 Å². The van der Waals surface area contributed by atoms with E-state index in [0.29, 0.717) is 11.2 Å². The van der Waals surface area contributed by atoms with Crippen molar-refractivity contribution in [2.75, 3.05) is 0 Å². The maximum atomic E-state index is 2.53. The highest BCUT2D eigenvalue weighted by atomic mass is 32.2. The SMILES string of the molecule is C1=CC2Sc3c(sc4ccc(-c5cc6ccsc6s5)cc34)C2C=C1c1cc2ccsc2s1. The fourth-order valence-electron chi connectivity index (χ4n) is 4.70. The third-order valence-corrected chi connectivity index (χ3v) is 13.6. The molecule has 2 aliphatic rings. The zero-order valence-electron chi connectivity index (χ0n) is 16.5. The molecule has 0 saturated carbocycles. The minimum Gasteiger partial charge on any atom is -0.138 e. The standard InChI is InChI=1S/C26H14S6/c1-3-19-17(9-13(1)21-11-15-5-7-27-25(15)31-21)23-24(29-19)18-10-14(2-4-20(18)30-23)22-12-16-6-8-28-26(16)32-22/h1-12,17,19H. The normalized spacial score (nSPS) is 19.8. The van der Waals surface area contributed by atoms with Crippen molar-refractivity contribution in [2.45, 2.75) is 16.1 Å². The van der Waals surface area contributed by atoms with Crippen molar-refractivity contribution in [2.24, 2.45) is 0 Å². The molecule has 1 aliphatic carbocycles. The average molecular weight is 519 g/mol. The van der Waals surface area contributed by atoms with Crippen LogP contribution in [0.15, 0.2) is 76.3 Å². The molecule has 2 unspecified atom stereocenters. The van der Waals surface area contributed by atoms with E-state index in [1.165, 1.54) is 54.7 Å². The predicted octanol–water partition coefficient (Wildman–Crippen LogP) is 10.3. The third-order valence-electron chi connectivity index (χ3n) is 6.27. The Kier molecular flexibility index (Phi) is 4.05. The van der Waals surface area contributed by atoms with Gasteiger partial charge in [-0.15, -0.1) is 68.4 Å². The Morgan fingerprint density at radius 2 is 1.53 bits per heavy atom. The summed E-state index contributed by atoms with van der Waals surface area (Å²) in [7, 11) is 0. The second kappa shape index (κ2) is 6.92. The quantitative estimate of drug-likeness (QED) is 0.220. The van der Waals surface area contributed by atoms with E-state index < -0.39 is 0 Å². The van der Waals surface area contributed by atoms with Crippen LogP contribution < -0.4 is 0 Å². The van der Waals surface area contributed by atoms with Crippen LogP contribution in [0.1, 0.15) is 15.7 Å². The number of benzene rings is 1. The Morgan fingerprint density at radius 1 is 0.750 bits per heavy atom. The van der Waals surface area contributed by atoms with Gasteiger partial charge in [-0.05, 0) is 58.3 Å². The molecular weight excluding hydrogens is 505 g/mol. The molecule has 0 bridgehead atoms. The highest BCUT2D eigenvalue weighted by Gasteiger charge is 2.36. The Hall–Kier alpha value is -1.67. The topological polar surface area (TPSA) is 0 Å². The van der Waals surface area contributed by atoms with E-state index in [0.717, 1.165) is 0 Å². The first kappa shape index (κ1) is 18.7. The van der Waals surface area contributed by atoms with Crippen LogP contribution in [0.25, 0.3) is 44.9 Å². The minimum atomic E-state index is 0.489. The van der Waals surface area contributed by atoms with Gasteiger partial charge < -0.3 is 0 Å². The zero-order chi connectivity index (χ0) is 20.8. The predicted molar refractivity (Wildman–Crippen MR) is 150 cm³/mol. The largest absolute Gasteiger partial charge is 0.138 e. The summed E-state index contributed by atoms with van der Waals surface area (Å²) in [5.74, 6) is 0.489. The first-order chi connectivity index (χ1) is 15.8. The van der Waals surface area contributed by atoms with Crippen LogP contribution in [-0.2, 0) is 0 Å². The van der Waals surface area contributed by atoms with Gasteiger partial charge in [-0.3, -0.25) is 0 Å². The minimum absolute atomic E-state index is 0.489. The summed E-state index contributed by atoms with van der Waals surface area (Å²) in [6, 6.07) is 16.3. The lowest BCUT2D eigenvalue weighted by molar-refractivity contribution is 0.909. The summed E-state index contributed by atoms with van der Waals surface area (Å²) in [6.07, 6.45) is 7.32. The Labute approximate surface area is 209 Å². The molecule has 1 aromatic carbocycles. The molecule has 6 heteroatoms. The fourth-order valence-corrected chi connectivity index (χ4v) is 11.9. The van der Waals surface area contributed by atoms with E-state index in [2.05, 4.69) is 83.2 Å². The lowest BCUT2D eigenvalue weighted by Crippen LogP contribution is -2.07. The summed E-state index contributed by atoms with van der Waals surface area (Å²) in [5.41, 5.74) is 2.75. The maximum Gasteiger partial charge on any atom is 0.0871 e. The van der Waals surface area contributed by atoms with Gasteiger partial charge in [0.15, 0.2) is 0 Å². The molecule has 0 fully saturated rings. The van der Waals surface area contributed by atoms with Crippen molar-refractivity contribution < 1.29 is 0 Å². The van der Waals surface area contributed by atoms with Gasteiger partial charge in [0.1, 0.15) is 0 Å². The number of hydrogen-bond acceptors (Lipinski definition) is 6. The van der Waals surface area contributed by atoms with Crippen LogP contribution >= 0.6 is 68.4 Å². The van der Waals surface area contributed by atoms with E-state index in [1.807, 2.05) is 56.7 Å². The summed E-state index contributed by atoms with van der Waals surface area (Å²) >= 11 is 11.6. The van der Waals surface area contributed by atoms with Crippen molar-refractivity contribution in [3.05, 3.63) is 81.2 Å². The molecule has 0 N–H and O–H groups in total. The van der Waals surface area contributed by atoms with Gasteiger partial charge in [0, 0.05) is 51.6 Å². The summed E-state index contributed by atoms with van der Waals surface area (Å²) in [6.45, 7) is 0. The molecule has 0 spiro atoms. The van der Waals surface area contributed by atoms with E-state index in [1.54, 1.807) is 4.88 Å². The first-order valence-corrected chi connectivity index (χ1v) is 15.5. The highest BCUT2D eigenvalue weighted by molar-refractivity contribution is 8.01. The van der Waals surface area contributed by atoms with E-state index in [4.69, 9.17) is 0 Å². The van der Waals surface area contributed by atoms with Gasteiger partial charge >= 0.3 is 0 Å². The number of fused-ring (bicyclic) bond motifs is 7. The van der Waals surface area contributed by atoms with Gasteiger partial charge in [-0.1, -0.05) is 24.3 Å². The van der Waals surface area contributed by atoms with Crippen LogP contribution in [0, 0.1) is 0 Å². The van der Waals surface area contributed by atoms with Gasteiger partial charge in [0.2, 0.25) is 0 Å². The molecule has 0 radical (unpaired) electrons. The Bertz CT molecular complexity index is 1670. The summed E-state index contributed by atoms with van der Waals surface area (Å²) < 4.78 is 4.28. The molecule has 5 aromatic heterocycles. The molecule has 6 heterocycles. The number of thiophene rings is 5. The lowest BCUT2D eigenvalue weighted by atomic mass is 9.93. The molecule has 0 amide bonds. The molecule has 2 atom stereocenters. The van der Waals surface area contributed by atoms with Crippen LogP contribution in [0.5, 0.6) is 0 Å². The average Bonchev–Trinajstić information content (AvgIpc) is 3.60. The van der Waals surface area contributed by atoms with Crippen LogP contribution in [-0.4, -0.2) is 5.25 Å². The van der Waals surface area contributed by atoms with E-state index in [9.17, 15) is 0 Å². The van der Waals surface area contributed by atoms with Crippen LogP contribution in [0.4, 0.5) is 0 Å². The lowest BCUT2D eigenvalue weighted by Gasteiger charge is -2.18. The van der Waals surface area contributed by atoms with Gasteiger partial charge in [-0.25, -0.2) is 0 Å². The number of rotatable bonds is 2. The summed E-state index contributed by atoms with van der Waals surface area (Å²) in [5, 5.41) is 9.11. The van der Waals surface area contributed by atoms with Crippen LogP contribution in [0.2, 0.25) is 0 Å². The fraction of sp³-hybridized carbons (Fsp3) is 0.0769. The number of hydrogen-bond donors (Lipinski definition) is 0. The van der Waals surface area contributed by atoms with E-state index >= 15 is 0 Å². The second-order valence-corrected chi connectivity index (χ2v) is 14.9. The molecule has 8 rings (SSSR count). The zero-order valence-corrected chi connectivity index (χ0v) is 21.4. The Morgan fingerprint density at radius 3 is 2.34 bits per heavy atom. The second-order valence-electron chi connectivity index (χ2n) is 8.14. The number of thioether (sulfide) groups is 1. The monoisotopic (exact) mass is 518 g/mol. The maximum absolute atomic E-state index is 2.53. The van der Waals surface area contributed by atoms with E-state index in [-0.39, 0.29) is 0 Å². The van der Waals surface area contributed by atoms with Gasteiger partial charge in [-0.2, -0.15) is 0 Å². The van der Waals surface area contributed by atoms with Crippen molar-refractivity contribution >= 4 is 103 Å². The van der Waals surface area contributed by atoms with Gasteiger partial charge in [0.05, 0.1) is 8.03 Å². The molecule has 154 valence electrons. The van der Waals surface area contributed by atoms with Gasteiger partial charge in [0.25, 0.3) is 0 Å². The molecule has 32 heavy (non-hydrogen) atoms. The number of allylic oxidation sites excluding steroid dienone is 3. The van der Waals surface area contributed by atoms with Crippen molar-refractivity contribution in [3.63, 3.8) is 0 Å². The van der Waals surface area contributed by atoms with Crippen molar-refractivity contribution in [1.82, 2.24) is 0 Å².